The molecule has 3 aromatic rings. The van der Waals surface area contributed by atoms with Gasteiger partial charge in [-0.2, -0.15) is 0 Å². The van der Waals surface area contributed by atoms with Crippen molar-refractivity contribution in [3.8, 4) is 0 Å². The van der Waals surface area contributed by atoms with E-state index in [-0.39, 0.29) is 6.04 Å². The second-order valence-corrected chi connectivity index (χ2v) is 8.79. The largest absolute Gasteiger partial charge is 0.453 e. The van der Waals surface area contributed by atoms with Crippen LogP contribution in [-0.4, -0.2) is 29.9 Å². The maximum absolute atomic E-state index is 12.3. The van der Waals surface area contributed by atoms with Crippen molar-refractivity contribution in [3.05, 3.63) is 47.2 Å². The van der Waals surface area contributed by atoms with Crippen LogP contribution >= 0.6 is 0 Å². The number of carbonyl (C=O) groups is 1. The minimum atomic E-state index is -0.554. The van der Waals surface area contributed by atoms with Gasteiger partial charge in [-0.3, -0.25) is 4.98 Å². The highest BCUT2D eigenvalue weighted by Gasteiger charge is 2.23. The van der Waals surface area contributed by atoms with Crippen molar-refractivity contribution >= 4 is 33.7 Å². The molecule has 6 nitrogen and oxygen atoms in total. The quantitative estimate of drug-likeness (QED) is 0.604. The Morgan fingerprint density at radius 1 is 1.27 bits per heavy atom. The van der Waals surface area contributed by atoms with Gasteiger partial charge in [-0.1, -0.05) is 12.1 Å². The van der Waals surface area contributed by atoms with E-state index in [1.54, 1.807) is 0 Å². The molecule has 0 fully saturated rings. The first-order valence-electron chi connectivity index (χ1n) is 10.3. The van der Waals surface area contributed by atoms with Gasteiger partial charge in [0.25, 0.3) is 0 Å². The fourth-order valence-electron chi connectivity index (χ4n) is 3.84. The number of pyridine rings is 1. The molecule has 1 N–H and O–H groups in total. The molecule has 0 unspecified atom stereocenters. The van der Waals surface area contributed by atoms with Gasteiger partial charge in [-0.25, -0.2) is 4.79 Å². The lowest BCUT2D eigenvalue weighted by Gasteiger charge is -2.22. The number of fused-ring (bicyclic) bond motifs is 3. The third-order valence-electron chi connectivity index (χ3n) is 5.13. The molecular formula is C24H28N2O4. The molecule has 0 spiro atoms. The number of rotatable bonds is 3. The third-order valence-corrected chi connectivity index (χ3v) is 5.13. The predicted molar refractivity (Wildman–Crippen MR) is 117 cm³/mol. The van der Waals surface area contributed by atoms with E-state index in [0.29, 0.717) is 13.2 Å². The minimum Gasteiger partial charge on any atom is -0.453 e. The summed E-state index contributed by atoms with van der Waals surface area (Å²) >= 11 is 0. The Hall–Kier alpha value is -2.86. The lowest BCUT2D eigenvalue weighted by Crippen LogP contribution is -2.34. The zero-order valence-corrected chi connectivity index (χ0v) is 18.2. The number of nitrogens with one attached hydrogen (secondary N) is 1. The van der Waals surface area contributed by atoms with Gasteiger partial charge < -0.3 is 19.2 Å². The van der Waals surface area contributed by atoms with Crippen molar-refractivity contribution in [2.75, 3.05) is 13.2 Å². The van der Waals surface area contributed by atoms with Crippen molar-refractivity contribution in [3.63, 3.8) is 0 Å². The number of carbonyl (C=O) groups excluding carboxylic acids is 1. The number of nitrogens with zero attached hydrogens (tertiary/aromatic N) is 1. The number of benzene rings is 1. The summed E-state index contributed by atoms with van der Waals surface area (Å²) in [5, 5.41) is 3.88. The zero-order valence-electron chi connectivity index (χ0n) is 18.2. The average molecular weight is 408 g/mol. The van der Waals surface area contributed by atoms with Gasteiger partial charge in [-0.15, -0.1) is 0 Å². The zero-order chi connectivity index (χ0) is 21.5. The first-order valence-corrected chi connectivity index (χ1v) is 10.3. The van der Waals surface area contributed by atoms with E-state index in [0.717, 1.165) is 45.2 Å². The van der Waals surface area contributed by atoms with E-state index in [1.165, 1.54) is 5.57 Å². The van der Waals surface area contributed by atoms with Crippen LogP contribution in [0.4, 0.5) is 4.79 Å². The van der Waals surface area contributed by atoms with Gasteiger partial charge in [-0.05, 0) is 64.3 Å². The second-order valence-electron chi connectivity index (χ2n) is 8.79. The molecule has 0 bridgehead atoms. The Balaban J connectivity index is 1.79. The summed E-state index contributed by atoms with van der Waals surface area (Å²) in [6, 6.07) is 5.84. The molecule has 30 heavy (non-hydrogen) atoms. The summed E-state index contributed by atoms with van der Waals surface area (Å²) in [4.78, 5) is 16.9. The van der Waals surface area contributed by atoms with Crippen molar-refractivity contribution < 1.29 is 18.7 Å². The lowest BCUT2D eigenvalue weighted by atomic mass is 10.00. The molecular weight excluding hydrogens is 380 g/mol. The molecule has 0 saturated carbocycles. The van der Waals surface area contributed by atoms with E-state index >= 15 is 0 Å². The smallest absolute Gasteiger partial charge is 0.408 e. The molecule has 3 heterocycles. The Bertz CT molecular complexity index is 1140. The van der Waals surface area contributed by atoms with Crippen LogP contribution in [0.5, 0.6) is 0 Å². The number of aromatic nitrogens is 1. The molecule has 0 saturated heterocycles. The number of furan rings is 1. The normalized spacial score (nSPS) is 15.8. The minimum absolute atomic E-state index is 0.284. The number of amides is 1. The lowest BCUT2D eigenvalue weighted by molar-refractivity contribution is 0.0508. The molecule has 158 valence electrons. The molecule has 1 aromatic carbocycles. The molecule has 1 amide bonds. The van der Waals surface area contributed by atoms with Gasteiger partial charge in [0.05, 0.1) is 19.3 Å². The molecule has 6 heteroatoms. The molecule has 1 atom stereocenters. The van der Waals surface area contributed by atoms with Gasteiger partial charge in [0, 0.05) is 22.7 Å². The van der Waals surface area contributed by atoms with Crippen molar-refractivity contribution in [2.45, 2.75) is 52.7 Å². The first-order chi connectivity index (χ1) is 14.2. The summed E-state index contributed by atoms with van der Waals surface area (Å²) in [6.45, 7) is 10.8. The number of alkyl carbamates (subject to hydrolysis) is 1. The number of ether oxygens (including phenoxy) is 2. The first kappa shape index (κ1) is 20.4. The average Bonchev–Trinajstić information content (AvgIpc) is 3.05. The van der Waals surface area contributed by atoms with Gasteiger partial charge >= 0.3 is 6.09 Å². The fraction of sp³-hybridized carbons (Fsp3) is 0.417. The number of aryl methyl sites for hydroxylation is 1. The SMILES string of the molecule is Cc1cc([C@@H](C)NC(=O)OC(C)(C)C)c2oc3c(C4=CCOCC4)ccnc3c2c1. The summed E-state index contributed by atoms with van der Waals surface area (Å²) in [5.74, 6) is 0. The number of hydrogen-bond acceptors (Lipinski definition) is 5. The van der Waals surface area contributed by atoms with E-state index < -0.39 is 11.7 Å². The standard InChI is InChI=1S/C24H28N2O4/c1-14-12-18(15(2)26-23(27)30-24(3,4)5)21-19(13-14)20-22(29-21)17(6-9-25-20)16-7-10-28-11-8-16/h6-7,9,12-13,15H,8,10-11H2,1-5H3,(H,26,27)/t15-/m1/s1. The Labute approximate surface area is 176 Å². The van der Waals surface area contributed by atoms with Crippen molar-refractivity contribution in [1.29, 1.82) is 0 Å². The van der Waals surface area contributed by atoms with E-state index in [9.17, 15) is 4.79 Å². The van der Waals surface area contributed by atoms with Crippen LogP contribution in [0.15, 0.2) is 34.9 Å². The molecule has 0 aliphatic carbocycles. The molecule has 4 rings (SSSR count). The van der Waals surface area contributed by atoms with E-state index in [4.69, 9.17) is 13.9 Å². The molecule has 1 aliphatic rings. The van der Waals surface area contributed by atoms with Crippen LogP contribution in [0.2, 0.25) is 0 Å². The topological polar surface area (TPSA) is 73.6 Å². The van der Waals surface area contributed by atoms with Crippen LogP contribution in [0.25, 0.3) is 27.6 Å². The van der Waals surface area contributed by atoms with Crippen LogP contribution in [-0.2, 0) is 9.47 Å². The van der Waals surface area contributed by atoms with Gasteiger partial charge in [0.1, 0.15) is 16.7 Å². The summed E-state index contributed by atoms with van der Waals surface area (Å²) in [7, 11) is 0. The van der Waals surface area contributed by atoms with Crippen LogP contribution in [0, 0.1) is 6.92 Å². The second kappa shape index (κ2) is 7.76. The van der Waals surface area contributed by atoms with Crippen LogP contribution in [0.1, 0.15) is 56.8 Å². The van der Waals surface area contributed by atoms with Crippen LogP contribution < -0.4 is 5.32 Å². The highest BCUT2D eigenvalue weighted by Crippen LogP contribution is 2.37. The van der Waals surface area contributed by atoms with E-state index in [2.05, 4.69) is 22.4 Å². The van der Waals surface area contributed by atoms with Crippen molar-refractivity contribution in [2.24, 2.45) is 0 Å². The summed E-state index contributed by atoms with van der Waals surface area (Å²) in [5.41, 5.74) is 6.05. The predicted octanol–water partition coefficient (Wildman–Crippen LogP) is 5.68. The Kier molecular flexibility index (Phi) is 5.28. The summed E-state index contributed by atoms with van der Waals surface area (Å²) < 4.78 is 17.3. The molecule has 2 aromatic heterocycles. The molecule has 0 radical (unpaired) electrons. The highest BCUT2D eigenvalue weighted by atomic mass is 16.6. The fourth-order valence-corrected chi connectivity index (χ4v) is 3.84. The molecule has 1 aliphatic heterocycles. The number of hydrogen-bond donors (Lipinski definition) is 1. The maximum atomic E-state index is 12.3. The summed E-state index contributed by atoms with van der Waals surface area (Å²) in [6.07, 6.45) is 4.32. The van der Waals surface area contributed by atoms with Crippen molar-refractivity contribution in [1.82, 2.24) is 10.3 Å². The van der Waals surface area contributed by atoms with E-state index in [1.807, 2.05) is 52.9 Å². The van der Waals surface area contributed by atoms with Gasteiger partial charge in [0.2, 0.25) is 0 Å². The monoisotopic (exact) mass is 408 g/mol. The maximum Gasteiger partial charge on any atom is 0.408 e. The van der Waals surface area contributed by atoms with Gasteiger partial charge in [0.15, 0.2) is 5.58 Å². The highest BCUT2D eigenvalue weighted by molar-refractivity contribution is 6.07. The Morgan fingerprint density at radius 3 is 2.77 bits per heavy atom. The third kappa shape index (κ3) is 4.05. The van der Waals surface area contributed by atoms with Crippen LogP contribution in [0.3, 0.4) is 0 Å². The Morgan fingerprint density at radius 2 is 2.07 bits per heavy atom.